The lowest BCUT2D eigenvalue weighted by molar-refractivity contribution is 0.0212. The van der Waals surface area contributed by atoms with Gasteiger partial charge in [-0.25, -0.2) is 4.39 Å². The molecule has 2 atom stereocenters. The highest BCUT2D eigenvalue weighted by atomic mass is 19.1. The van der Waals surface area contributed by atoms with Crippen molar-refractivity contribution < 1.29 is 13.9 Å². The molecule has 0 unspecified atom stereocenters. The monoisotopic (exact) mass is 309 g/mol. The quantitative estimate of drug-likeness (QED) is 0.731. The topological polar surface area (TPSA) is 21.7 Å². The molecular weight excluding hydrogens is 281 g/mol. The number of hydrogen-bond donors (Lipinski definition) is 0. The van der Waals surface area contributed by atoms with Gasteiger partial charge in [0.15, 0.2) is 0 Å². The summed E-state index contributed by atoms with van der Waals surface area (Å²) in [6.45, 7) is 7.54. The summed E-state index contributed by atoms with van der Waals surface area (Å²) in [4.78, 5) is 2.41. The van der Waals surface area contributed by atoms with Gasteiger partial charge in [-0.15, -0.1) is 0 Å². The van der Waals surface area contributed by atoms with E-state index in [0.717, 1.165) is 56.6 Å². The van der Waals surface area contributed by atoms with Gasteiger partial charge in [-0.3, -0.25) is 0 Å². The van der Waals surface area contributed by atoms with Gasteiger partial charge < -0.3 is 14.4 Å². The number of ether oxygens (including phenoxy) is 2. The van der Waals surface area contributed by atoms with Crippen LogP contribution in [0.25, 0.3) is 0 Å². The summed E-state index contributed by atoms with van der Waals surface area (Å²) < 4.78 is 24.8. The molecule has 1 aromatic carbocycles. The molecule has 0 aromatic heterocycles. The summed E-state index contributed by atoms with van der Waals surface area (Å²) in [5, 5.41) is 0. The predicted molar refractivity (Wildman–Crippen MR) is 87.0 cm³/mol. The van der Waals surface area contributed by atoms with Crippen molar-refractivity contribution in [1.29, 1.82) is 0 Å². The van der Waals surface area contributed by atoms with Gasteiger partial charge >= 0.3 is 0 Å². The smallest absolute Gasteiger partial charge is 0.123 e. The molecule has 0 bridgehead atoms. The Kier molecular flexibility index (Phi) is 6.65. The van der Waals surface area contributed by atoms with Crippen LogP contribution in [0.4, 0.5) is 4.39 Å². The Morgan fingerprint density at radius 2 is 1.95 bits per heavy atom. The highest BCUT2D eigenvalue weighted by molar-refractivity contribution is 5.34. The minimum atomic E-state index is -0.206. The maximum Gasteiger partial charge on any atom is 0.123 e. The fourth-order valence-electron chi connectivity index (χ4n) is 3.16. The molecule has 1 saturated heterocycles. The molecule has 1 aliphatic heterocycles. The van der Waals surface area contributed by atoms with E-state index < -0.39 is 0 Å². The zero-order chi connectivity index (χ0) is 15.9. The maximum absolute atomic E-state index is 13.4. The Bertz CT molecular complexity index is 462. The summed E-state index contributed by atoms with van der Waals surface area (Å²) in [6, 6.07) is 4.71. The second kappa shape index (κ2) is 8.49. The Morgan fingerprint density at radius 1 is 1.23 bits per heavy atom. The van der Waals surface area contributed by atoms with Crippen LogP contribution < -0.4 is 4.74 Å². The molecule has 0 amide bonds. The van der Waals surface area contributed by atoms with E-state index in [1.807, 2.05) is 0 Å². The summed E-state index contributed by atoms with van der Waals surface area (Å²) >= 11 is 0. The third kappa shape index (κ3) is 4.68. The van der Waals surface area contributed by atoms with Crippen molar-refractivity contribution in [3.05, 3.63) is 29.6 Å². The first-order chi connectivity index (χ1) is 10.7. The molecule has 1 aromatic rings. The molecule has 22 heavy (non-hydrogen) atoms. The van der Waals surface area contributed by atoms with Gasteiger partial charge in [0.2, 0.25) is 0 Å². The number of aryl methyl sites for hydroxylation is 1. The van der Waals surface area contributed by atoms with Crippen molar-refractivity contribution in [2.24, 2.45) is 0 Å². The van der Waals surface area contributed by atoms with E-state index in [2.05, 4.69) is 18.7 Å². The zero-order valence-electron chi connectivity index (χ0n) is 14.0. The minimum Gasteiger partial charge on any atom is -0.496 e. The van der Waals surface area contributed by atoms with E-state index in [0.29, 0.717) is 6.10 Å². The standard InChI is InChI=1S/C18H28FNO2/c1-4-20(5-2)13-17-10-9-16(22-17)8-6-14-12-15(19)7-11-18(14)21-3/h7,11-12,16-17H,4-6,8-10,13H2,1-3H3/t16-,17+/m0/s1. The van der Waals surface area contributed by atoms with E-state index in [1.54, 1.807) is 19.2 Å². The highest BCUT2D eigenvalue weighted by Crippen LogP contribution is 2.27. The van der Waals surface area contributed by atoms with Crippen molar-refractivity contribution >= 4 is 0 Å². The van der Waals surface area contributed by atoms with Crippen molar-refractivity contribution in [3.8, 4) is 5.75 Å². The molecule has 2 rings (SSSR count). The van der Waals surface area contributed by atoms with E-state index in [1.165, 1.54) is 6.07 Å². The molecule has 1 heterocycles. The van der Waals surface area contributed by atoms with E-state index in [4.69, 9.17) is 9.47 Å². The van der Waals surface area contributed by atoms with Crippen LogP contribution in [0.2, 0.25) is 0 Å². The van der Waals surface area contributed by atoms with Crippen molar-refractivity contribution in [1.82, 2.24) is 4.90 Å². The molecule has 4 heteroatoms. The number of likely N-dealkylation sites (N-methyl/N-ethyl adjacent to an activating group) is 1. The zero-order valence-corrected chi connectivity index (χ0v) is 14.0. The lowest BCUT2D eigenvalue weighted by Gasteiger charge is -2.22. The molecular formula is C18H28FNO2. The van der Waals surface area contributed by atoms with E-state index in [9.17, 15) is 4.39 Å². The van der Waals surface area contributed by atoms with Gasteiger partial charge in [-0.2, -0.15) is 0 Å². The second-order valence-corrected chi connectivity index (χ2v) is 5.94. The summed E-state index contributed by atoms with van der Waals surface area (Å²) in [6.07, 6.45) is 4.58. The maximum atomic E-state index is 13.4. The van der Waals surface area contributed by atoms with Crippen LogP contribution in [0.3, 0.4) is 0 Å². The van der Waals surface area contributed by atoms with E-state index >= 15 is 0 Å². The van der Waals surface area contributed by atoms with Crippen LogP contribution >= 0.6 is 0 Å². The van der Waals surface area contributed by atoms with Gasteiger partial charge in [0.25, 0.3) is 0 Å². The van der Waals surface area contributed by atoms with Gasteiger partial charge in [0, 0.05) is 6.54 Å². The first-order valence-electron chi connectivity index (χ1n) is 8.36. The first kappa shape index (κ1) is 17.2. The molecule has 0 saturated carbocycles. The summed E-state index contributed by atoms with van der Waals surface area (Å²) in [5.41, 5.74) is 0.929. The Balaban J connectivity index is 1.82. The molecule has 1 fully saturated rings. The molecule has 0 N–H and O–H groups in total. The normalized spacial score (nSPS) is 21.5. The first-order valence-corrected chi connectivity index (χ1v) is 8.36. The largest absolute Gasteiger partial charge is 0.496 e. The van der Waals surface area contributed by atoms with Gasteiger partial charge in [-0.05, 0) is 62.5 Å². The number of rotatable bonds is 8. The van der Waals surface area contributed by atoms with Crippen LogP contribution in [0.15, 0.2) is 18.2 Å². The lowest BCUT2D eigenvalue weighted by Crippen LogP contribution is -2.32. The molecule has 0 radical (unpaired) electrons. The highest BCUT2D eigenvalue weighted by Gasteiger charge is 2.26. The van der Waals surface area contributed by atoms with Crippen molar-refractivity contribution in [3.63, 3.8) is 0 Å². The van der Waals surface area contributed by atoms with Crippen molar-refractivity contribution in [2.45, 2.75) is 51.7 Å². The lowest BCUT2D eigenvalue weighted by atomic mass is 10.0. The molecule has 124 valence electrons. The van der Waals surface area contributed by atoms with Gasteiger partial charge in [0.1, 0.15) is 11.6 Å². The number of methoxy groups -OCH3 is 1. The number of halogens is 1. The number of hydrogen-bond acceptors (Lipinski definition) is 3. The fourth-order valence-corrected chi connectivity index (χ4v) is 3.16. The molecule has 3 nitrogen and oxygen atoms in total. The van der Waals surface area contributed by atoms with E-state index in [-0.39, 0.29) is 11.9 Å². The van der Waals surface area contributed by atoms with Crippen molar-refractivity contribution in [2.75, 3.05) is 26.7 Å². The fraction of sp³-hybridized carbons (Fsp3) is 0.667. The predicted octanol–water partition coefficient (Wildman–Crippen LogP) is 3.66. The minimum absolute atomic E-state index is 0.206. The molecule has 0 spiro atoms. The number of nitrogens with zero attached hydrogens (tertiary/aromatic N) is 1. The second-order valence-electron chi connectivity index (χ2n) is 5.94. The number of benzene rings is 1. The summed E-state index contributed by atoms with van der Waals surface area (Å²) in [5.74, 6) is 0.557. The van der Waals surface area contributed by atoms with Crippen LogP contribution in [0, 0.1) is 5.82 Å². The van der Waals surface area contributed by atoms with Gasteiger partial charge in [-0.1, -0.05) is 13.8 Å². The average molecular weight is 309 g/mol. The molecule has 1 aliphatic rings. The SMILES string of the molecule is CCN(CC)C[C@H]1CC[C@H](CCc2cc(F)ccc2OC)O1. The summed E-state index contributed by atoms with van der Waals surface area (Å²) in [7, 11) is 1.63. The Hall–Kier alpha value is -1.13. The third-order valence-electron chi connectivity index (χ3n) is 4.53. The third-order valence-corrected chi connectivity index (χ3v) is 4.53. The van der Waals surface area contributed by atoms with Crippen LogP contribution in [-0.4, -0.2) is 43.9 Å². The van der Waals surface area contributed by atoms with Crippen LogP contribution in [0.1, 0.15) is 38.7 Å². The molecule has 0 aliphatic carbocycles. The average Bonchev–Trinajstić information content (AvgIpc) is 2.98. The Morgan fingerprint density at radius 3 is 2.64 bits per heavy atom. The van der Waals surface area contributed by atoms with Crippen LogP contribution in [-0.2, 0) is 11.2 Å². The van der Waals surface area contributed by atoms with Crippen LogP contribution in [0.5, 0.6) is 5.75 Å². The van der Waals surface area contributed by atoms with Gasteiger partial charge in [0.05, 0.1) is 19.3 Å². The Labute approximate surface area is 133 Å².